The first-order valence-electron chi connectivity index (χ1n) is 6.66. The normalized spacial score (nSPS) is 39.7. The first kappa shape index (κ1) is 14.6. The fourth-order valence-electron chi connectivity index (χ4n) is 3.07. The van der Waals surface area contributed by atoms with Gasteiger partial charge in [0.25, 0.3) is 0 Å². The molecule has 4 nitrogen and oxygen atoms in total. The highest BCUT2D eigenvalue weighted by Crippen LogP contribution is 2.43. The largest absolute Gasteiger partial charge is 0.393 e. The van der Waals surface area contributed by atoms with E-state index >= 15 is 0 Å². The van der Waals surface area contributed by atoms with E-state index in [2.05, 4.69) is 0 Å². The highest BCUT2D eigenvalue weighted by atomic mass is 35.5. The molecule has 106 valence electrons. The van der Waals surface area contributed by atoms with Crippen LogP contribution >= 0.6 is 11.6 Å². The van der Waals surface area contributed by atoms with Crippen LogP contribution in [-0.2, 0) is 9.84 Å². The lowest BCUT2D eigenvalue weighted by atomic mass is 9.94. The fraction of sp³-hybridized carbons (Fsp3) is 1.00. The van der Waals surface area contributed by atoms with E-state index in [0.29, 0.717) is 19.3 Å². The fourth-order valence-corrected chi connectivity index (χ4v) is 6.03. The van der Waals surface area contributed by atoms with Crippen LogP contribution in [0.15, 0.2) is 0 Å². The van der Waals surface area contributed by atoms with Crippen LogP contribution in [0.5, 0.6) is 0 Å². The quantitative estimate of drug-likeness (QED) is 0.759. The summed E-state index contributed by atoms with van der Waals surface area (Å²) in [6.45, 7) is 0. The van der Waals surface area contributed by atoms with Gasteiger partial charge in [-0.15, -0.1) is 0 Å². The Morgan fingerprint density at radius 2 is 1.67 bits per heavy atom. The van der Waals surface area contributed by atoms with Crippen LogP contribution in [0.3, 0.4) is 0 Å². The number of hydrogen-bond donors (Lipinski definition) is 2. The van der Waals surface area contributed by atoms with Crippen molar-refractivity contribution in [2.45, 2.75) is 73.0 Å². The molecule has 0 aromatic heterocycles. The van der Waals surface area contributed by atoms with Crippen LogP contribution in [0.4, 0.5) is 0 Å². The molecule has 0 aromatic carbocycles. The van der Waals surface area contributed by atoms with Gasteiger partial charge in [-0.05, 0) is 25.7 Å². The summed E-state index contributed by atoms with van der Waals surface area (Å²) in [6.07, 6.45) is 2.90. The number of aliphatic hydroxyl groups is 2. The zero-order chi connectivity index (χ0) is 13.4. The summed E-state index contributed by atoms with van der Waals surface area (Å²) in [4.78, 5) is 0. The summed E-state index contributed by atoms with van der Waals surface area (Å²) >= 11 is 6.27. The van der Waals surface area contributed by atoms with Gasteiger partial charge in [0.2, 0.25) is 0 Å². The van der Waals surface area contributed by atoms with E-state index < -0.39 is 31.5 Å². The molecule has 0 spiro atoms. The van der Waals surface area contributed by atoms with Gasteiger partial charge < -0.3 is 10.2 Å². The van der Waals surface area contributed by atoms with Crippen LogP contribution in [-0.4, -0.2) is 40.3 Å². The molecule has 2 rings (SSSR count). The Hall–Kier alpha value is 0.160. The van der Waals surface area contributed by atoms with Gasteiger partial charge in [0.05, 0.1) is 17.5 Å². The SMILES string of the molecule is O=S(=O)(C1CCCCC1)C1(Cl)CCC(O)CC1O. The smallest absolute Gasteiger partial charge is 0.175 e. The summed E-state index contributed by atoms with van der Waals surface area (Å²) in [7, 11) is -3.55. The van der Waals surface area contributed by atoms with Crippen molar-refractivity contribution in [1.29, 1.82) is 0 Å². The third kappa shape index (κ3) is 2.42. The standard InChI is InChI=1S/C12H21ClO4S/c13-12(7-6-9(14)8-11(12)15)18(16,17)10-4-2-1-3-5-10/h9-11,14-15H,1-8H2. The summed E-state index contributed by atoms with van der Waals surface area (Å²) in [5.74, 6) is 0. The lowest BCUT2D eigenvalue weighted by molar-refractivity contribution is 0.0333. The molecule has 2 N–H and O–H groups in total. The highest BCUT2D eigenvalue weighted by Gasteiger charge is 2.53. The minimum Gasteiger partial charge on any atom is -0.393 e. The maximum Gasteiger partial charge on any atom is 0.175 e. The average molecular weight is 297 g/mol. The van der Waals surface area contributed by atoms with Gasteiger partial charge in [-0.1, -0.05) is 30.9 Å². The Morgan fingerprint density at radius 1 is 1.06 bits per heavy atom. The summed E-state index contributed by atoms with van der Waals surface area (Å²) in [5, 5.41) is 19.0. The minimum absolute atomic E-state index is 0.0510. The molecule has 0 heterocycles. The van der Waals surface area contributed by atoms with Crippen LogP contribution in [0.1, 0.15) is 51.4 Å². The Labute approximate surface area is 113 Å². The average Bonchev–Trinajstić information content (AvgIpc) is 2.35. The third-order valence-electron chi connectivity index (χ3n) is 4.28. The monoisotopic (exact) mass is 296 g/mol. The number of hydrogen-bond acceptors (Lipinski definition) is 4. The molecular formula is C12H21ClO4S. The zero-order valence-corrected chi connectivity index (χ0v) is 12.0. The maximum absolute atomic E-state index is 12.6. The molecule has 2 aliphatic rings. The van der Waals surface area contributed by atoms with Gasteiger partial charge in [0.1, 0.15) is 0 Å². The second kappa shape index (κ2) is 5.27. The van der Waals surface area contributed by atoms with E-state index in [-0.39, 0.29) is 12.8 Å². The highest BCUT2D eigenvalue weighted by molar-refractivity contribution is 7.94. The first-order chi connectivity index (χ1) is 8.38. The molecule has 0 radical (unpaired) electrons. The summed E-state index contributed by atoms with van der Waals surface area (Å²) in [6, 6.07) is 0. The molecule has 0 saturated heterocycles. The van der Waals surface area contributed by atoms with Gasteiger partial charge in [-0.2, -0.15) is 0 Å². The van der Waals surface area contributed by atoms with Crippen LogP contribution < -0.4 is 0 Å². The van der Waals surface area contributed by atoms with E-state index in [1.807, 2.05) is 0 Å². The van der Waals surface area contributed by atoms with E-state index in [1.165, 1.54) is 0 Å². The van der Waals surface area contributed by atoms with Gasteiger partial charge >= 0.3 is 0 Å². The molecule has 3 unspecified atom stereocenters. The Bertz CT molecular complexity index is 391. The van der Waals surface area contributed by atoms with Crippen LogP contribution in [0, 0.1) is 0 Å². The van der Waals surface area contributed by atoms with Crippen molar-refractivity contribution < 1.29 is 18.6 Å². The number of sulfone groups is 1. The van der Waals surface area contributed by atoms with Crippen LogP contribution in [0.25, 0.3) is 0 Å². The molecule has 6 heteroatoms. The predicted octanol–water partition coefficient (Wildman–Crippen LogP) is 1.57. The molecule has 0 amide bonds. The predicted molar refractivity (Wildman–Crippen MR) is 70.2 cm³/mol. The van der Waals surface area contributed by atoms with Gasteiger partial charge in [0.15, 0.2) is 14.0 Å². The second-order valence-corrected chi connectivity index (χ2v) is 8.92. The first-order valence-corrected chi connectivity index (χ1v) is 8.59. The Kier molecular flexibility index (Phi) is 4.26. The van der Waals surface area contributed by atoms with E-state index in [0.717, 1.165) is 19.3 Å². The summed E-state index contributed by atoms with van der Waals surface area (Å²) < 4.78 is 23.6. The second-order valence-electron chi connectivity index (χ2n) is 5.54. The van der Waals surface area contributed by atoms with Crippen molar-refractivity contribution in [3.63, 3.8) is 0 Å². The molecule has 18 heavy (non-hydrogen) atoms. The van der Waals surface area contributed by atoms with Crippen molar-refractivity contribution in [1.82, 2.24) is 0 Å². The minimum atomic E-state index is -3.55. The molecule has 2 aliphatic carbocycles. The molecule has 3 atom stereocenters. The van der Waals surface area contributed by atoms with Crippen molar-refractivity contribution >= 4 is 21.4 Å². The molecule has 2 saturated carbocycles. The van der Waals surface area contributed by atoms with Gasteiger partial charge in [-0.3, -0.25) is 0 Å². The number of halogens is 1. The lowest BCUT2D eigenvalue weighted by Crippen LogP contribution is -2.53. The number of rotatable bonds is 2. The summed E-state index contributed by atoms with van der Waals surface area (Å²) in [5.41, 5.74) is 0. The number of aliphatic hydroxyl groups excluding tert-OH is 2. The topological polar surface area (TPSA) is 74.6 Å². The maximum atomic E-state index is 12.6. The number of alkyl halides is 1. The van der Waals surface area contributed by atoms with Crippen LogP contribution in [0.2, 0.25) is 0 Å². The van der Waals surface area contributed by atoms with Crippen molar-refractivity contribution in [3.8, 4) is 0 Å². The Morgan fingerprint density at radius 3 is 2.22 bits per heavy atom. The third-order valence-corrected chi connectivity index (χ3v) is 8.13. The molecular weight excluding hydrogens is 276 g/mol. The van der Waals surface area contributed by atoms with Crippen molar-refractivity contribution in [2.75, 3.05) is 0 Å². The zero-order valence-electron chi connectivity index (χ0n) is 10.4. The van der Waals surface area contributed by atoms with Crippen molar-refractivity contribution in [3.05, 3.63) is 0 Å². The van der Waals surface area contributed by atoms with Gasteiger partial charge in [0, 0.05) is 6.42 Å². The lowest BCUT2D eigenvalue weighted by Gasteiger charge is -2.40. The Balaban J connectivity index is 2.22. The molecule has 0 bridgehead atoms. The van der Waals surface area contributed by atoms with Crippen molar-refractivity contribution in [2.24, 2.45) is 0 Å². The van der Waals surface area contributed by atoms with E-state index in [9.17, 15) is 18.6 Å². The molecule has 0 aliphatic heterocycles. The van der Waals surface area contributed by atoms with E-state index in [4.69, 9.17) is 11.6 Å². The van der Waals surface area contributed by atoms with Gasteiger partial charge in [-0.25, -0.2) is 8.42 Å². The van der Waals surface area contributed by atoms with E-state index in [1.54, 1.807) is 0 Å². The molecule has 0 aromatic rings. The molecule has 2 fully saturated rings.